The molecule has 0 bridgehead atoms. The quantitative estimate of drug-likeness (QED) is 0.335. The van der Waals surface area contributed by atoms with Crippen molar-refractivity contribution in [1.29, 1.82) is 5.41 Å². The van der Waals surface area contributed by atoms with Crippen molar-refractivity contribution in [3.05, 3.63) is 76.4 Å². The van der Waals surface area contributed by atoms with Crippen LogP contribution >= 0.6 is 0 Å². The molecule has 4 N–H and O–H groups in total. The van der Waals surface area contributed by atoms with E-state index in [1.807, 2.05) is 24.3 Å². The van der Waals surface area contributed by atoms with Gasteiger partial charge < -0.3 is 20.5 Å². The van der Waals surface area contributed by atoms with Gasteiger partial charge in [-0.2, -0.15) is 13.2 Å². The molecular formula is C29H35F3N4O2. The van der Waals surface area contributed by atoms with Crippen LogP contribution in [0.4, 0.5) is 13.2 Å². The summed E-state index contributed by atoms with van der Waals surface area (Å²) in [7, 11) is 0. The van der Waals surface area contributed by atoms with Gasteiger partial charge in [0.15, 0.2) is 5.96 Å². The van der Waals surface area contributed by atoms with Gasteiger partial charge in [0.1, 0.15) is 6.04 Å². The van der Waals surface area contributed by atoms with Crippen LogP contribution < -0.4 is 5.73 Å². The van der Waals surface area contributed by atoms with E-state index in [9.17, 15) is 18.3 Å². The summed E-state index contributed by atoms with van der Waals surface area (Å²) in [6.07, 6.45) is 0.864. The largest absolute Gasteiger partial charge is 0.479 e. The van der Waals surface area contributed by atoms with Crippen LogP contribution in [0, 0.1) is 5.41 Å². The molecule has 6 nitrogen and oxygen atoms in total. The number of halogens is 3. The lowest BCUT2D eigenvalue weighted by Gasteiger charge is -2.28. The number of guanidine groups is 1. The fourth-order valence-electron chi connectivity index (χ4n) is 5.03. The summed E-state index contributed by atoms with van der Waals surface area (Å²) < 4.78 is 48.3. The molecule has 1 fully saturated rings. The zero-order chi connectivity index (χ0) is 27.3. The maximum Gasteiger partial charge on any atom is 0.416 e. The van der Waals surface area contributed by atoms with Crippen molar-refractivity contribution in [2.45, 2.75) is 70.2 Å². The Kier molecular flexibility index (Phi) is 8.76. The average Bonchev–Trinajstić information content (AvgIpc) is 3.25. The number of aryl methyl sites for hydroxylation is 3. The van der Waals surface area contributed by atoms with Crippen LogP contribution in [0.15, 0.2) is 53.5 Å². The molecular weight excluding hydrogens is 493 g/mol. The first-order valence-corrected chi connectivity index (χ1v) is 13.2. The van der Waals surface area contributed by atoms with Crippen LogP contribution in [0.3, 0.4) is 0 Å². The van der Waals surface area contributed by atoms with Crippen LogP contribution in [0.1, 0.15) is 60.4 Å². The Labute approximate surface area is 221 Å². The summed E-state index contributed by atoms with van der Waals surface area (Å²) in [5.41, 5.74) is 8.16. The number of alkyl halides is 3. The number of aliphatic hydroxyl groups excluding tert-OH is 1. The van der Waals surface area contributed by atoms with Gasteiger partial charge in [-0.05, 0) is 61.3 Å². The van der Waals surface area contributed by atoms with E-state index in [2.05, 4.69) is 11.9 Å². The van der Waals surface area contributed by atoms with E-state index >= 15 is 0 Å². The number of ether oxygens (including phenoxy) is 1. The van der Waals surface area contributed by atoms with Gasteiger partial charge in [-0.15, -0.1) is 0 Å². The average molecular weight is 529 g/mol. The van der Waals surface area contributed by atoms with E-state index in [-0.39, 0.29) is 23.8 Å². The number of likely N-dealkylation sites (tertiary alicyclic amines) is 1. The Bertz CT molecular complexity index is 1190. The molecule has 0 aromatic heterocycles. The third-order valence-electron chi connectivity index (χ3n) is 7.05. The summed E-state index contributed by atoms with van der Waals surface area (Å²) in [4.78, 5) is 6.08. The monoisotopic (exact) mass is 528 g/mol. The number of aliphatic imine (C=N–C) groups is 1. The third-order valence-corrected chi connectivity index (χ3v) is 7.05. The Hall–Kier alpha value is -3.33. The topological polar surface area (TPSA) is 94.9 Å². The minimum absolute atomic E-state index is 0.167. The van der Waals surface area contributed by atoms with Crippen LogP contribution in [0.25, 0.3) is 5.70 Å². The van der Waals surface area contributed by atoms with Crippen molar-refractivity contribution in [2.75, 3.05) is 13.2 Å². The molecule has 2 heterocycles. The van der Waals surface area contributed by atoms with Gasteiger partial charge in [0.25, 0.3) is 0 Å². The Morgan fingerprint density at radius 3 is 2.50 bits per heavy atom. The number of benzene rings is 2. The SMILES string of the molecule is CCCc1ccc(CCc2ccc(C3=C\CCCO/C([C@@H]4[C@@H](O)CCN4C(=N)N)=N\3)cc2C(F)(F)F)cc1. The molecule has 2 atom stereocenters. The van der Waals surface area contributed by atoms with Gasteiger partial charge >= 0.3 is 6.18 Å². The number of nitrogens with zero attached hydrogens (tertiary/aromatic N) is 2. The number of hydrogen-bond donors (Lipinski definition) is 3. The van der Waals surface area contributed by atoms with Gasteiger partial charge in [-0.25, -0.2) is 4.99 Å². The fourth-order valence-corrected chi connectivity index (χ4v) is 5.03. The number of nitrogens with one attached hydrogen (secondary N) is 1. The Morgan fingerprint density at radius 1 is 1.13 bits per heavy atom. The molecule has 0 unspecified atom stereocenters. The molecule has 38 heavy (non-hydrogen) atoms. The number of aliphatic hydroxyl groups is 1. The lowest BCUT2D eigenvalue weighted by atomic mass is 9.95. The lowest BCUT2D eigenvalue weighted by molar-refractivity contribution is -0.138. The highest BCUT2D eigenvalue weighted by Gasteiger charge is 2.39. The van der Waals surface area contributed by atoms with Crippen molar-refractivity contribution in [3.63, 3.8) is 0 Å². The van der Waals surface area contributed by atoms with E-state index in [1.165, 1.54) is 16.5 Å². The van der Waals surface area contributed by atoms with Crippen LogP contribution in [-0.2, 0) is 30.2 Å². The van der Waals surface area contributed by atoms with Gasteiger partial charge in [0.2, 0.25) is 5.90 Å². The first-order valence-electron chi connectivity index (χ1n) is 13.2. The second kappa shape index (κ2) is 12.0. The fraction of sp³-hybridized carbons (Fsp3) is 0.448. The molecule has 9 heteroatoms. The van der Waals surface area contributed by atoms with Gasteiger partial charge in [0.05, 0.1) is 24.0 Å². The summed E-state index contributed by atoms with van der Waals surface area (Å²) in [5, 5.41) is 18.4. The predicted octanol–water partition coefficient (Wildman–Crippen LogP) is 5.32. The molecule has 0 aliphatic carbocycles. The summed E-state index contributed by atoms with van der Waals surface area (Å²) in [6, 6.07) is 11.7. The molecule has 2 aromatic rings. The van der Waals surface area contributed by atoms with Gasteiger partial charge in [-0.3, -0.25) is 5.41 Å². The highest BCUT2D eigenvalue weighted by atomic mass is 19.4. The summed E-state index contributed by atoms with van der Waals surface area (Å²) >= 11 is 0. The zero-order valence-electron chi connectivity index (χ0n) is 21.6. The van der Waals surface area contributed by atoms with Crippen molar-refractivity contribution in [1.82, 2.24) is 4.90 Å². The molecule has 4 rings (SSSR count). The first kappa shape index (κ1) is 27.7. The normalized spacial score (nSPS) is 23.0. The Morgan fingerprint density at radius 2 is 1.84 bits per heavy atom. The minimum Gasteiger partial charge on any atom is -0.479 e. The molecule has 1 saturated heterocycles. The lowest BCUT2D eigenvalue weighted by Crippen LogP contribution is -2.48. The van der Waals surface area contributed by atoms with E-state index in [4.69, 9.17) is 15.9 Å². The smallest absolute Gasteiger partial charge is 0.416 e. The van der Waals surface area contributed by atoms with Crippen molar-refractivity contribution in [3.8, 4) is 0 Å². The first-order chi connectivity index (χ1) is 18.2. The molecule has 2 aliphatic rings. The second-order valence-corrected chi connectivity index (χ2v) is 9.85. The molecule has 2 aromatic carbocycles. The second-order valence-electron chi connectivity index (χ2n) is 9.85. The maximum atomic E-state index is 14.2. The number of nitrogens with two attached hydrogens (primary N) is 1. The summed E-state index contributed by atoms with van der Waals surface area (Å²) in [5.74, 6) is -0.0468. The molecule has 0 radical (unpaired) electrons. The van der Waals surface area contributed by atoms with Crippen LogP contribution in [0.2, 0.25) is 0 Å². The van der Waals surface area contributed by atoms with E-state index in [1.54, 1.807) is 12.1 Å². The zero-order valence-corrected chi connectivity index (χ0v) is 21.6. The standard InChI is InChI=1S/C29H35F3N4O2/c1-2-5-19-7-9-20(10-8-19)11-12-21-13-14-22(18-23(21)29(30,31)32)24-6-3-4-17-38-27(35-24)26-25(37)15-16-36(26)28(33)34/h6-10,13-14,18,25-26,37H,2-5,11-12,15-17H2,1H3,(H3,33,34)/b24-6+,35-27-/t25-,26-/m0/s1. The van der Waals surface area contributed by atoms with Gasteiger partial charge in [-0.1, -0.05) is 55.8 Å². The number of hydrogen-bond acceptors (Lipinski definition) is 4. The molecule has 204 valence electrons. The van der Waals surface area contributed by atoms with E-state index in [0.29, 0.717) is 50.1 Å². The predicted molar refractivity (Wildman–Crippen MR) is 143 cm³/mol. The highest BCUT2D eigenvalue weighted by Crippen LogP contribution is 2.35. The van der Waals surface area contributed by atoms with Gasteiger partial charge in [0, 0.05) is 12.1 Å². The van der Waals surface area contributed by atoms with Crippen LogP contribution in [-0.4, -0.2) is 47.2 Å². The van der Waals surface area contributed by atoms with Crippen molar-refractivity contribution in [2.24, 2.45) is 10.7 Å². The van der Waals surface area contributed by atoms with E-state index in [0.717, 1.165) is 24.5 Å². The summed E-state index contributed by atoms with van der Waals surface area (Å²) in [6.45, 7) is 2.83. The minimum atomic E-state index is -4.52. The molecule has 0 spiro atoms. The molecule has 2 aliphatic heterocycles. The van der Waals surface area contributed by atoms with Crippen molar-refractivity contribution < 1.29 is 23.0 Å². The highest BCUT2D eigenvalue weighted by molar-refractivity contribution is 5.92. The number of rotatable bonds is 7. The molecule has 0 amide bonds. The number of allylic oxidation sites excluding steroid dienone is 1. The third kappa shape index (κ3) is 6.56. The Balaban J connectivity index is 1.62. The van der Waals surface area contributed by atoms with Crippen molar-refractivity contribution >= 4 is 17.6 Å². The maximum absolute atomic E-state index is 14.2. The van der Waals surface area contributed by atoms with Crippen LogP contribution in [0.5, 0.6) is 0 Å². The molecule has 0 saturated carbocycles. The van der Waals surface area contributed by atoms with E-state index < -0.39 is 23.9 Å².